The number of aromatic amines is 1. The normalized spacial score (nSPS) is 10.9. The van der Waals surface area contributed by atoms with E-state index in [2.05, 4.69) is 15.0 Å². The first-order valence-electron chi connectivity index (χ1n) is 5.49. The molecule has 90 valence electrons. The SMILES string of the molecule is Cc1ccnc2nc(-c3cc(O)ccc3O)[nH]c12. The molecule has 0 fully saturated rings. The van der Waals surface area contributed by atoms with Crippen molar-refractivity contribution in [2.75, 3.05) is 0 Å². The van der Waals surface area contributed by atoms with Gasteiger partial charge >= 0.3 is 0 Å². The molecule has 0 atom stereocenters. The second-order valence-corrected chi connectivity index (χ2v) is 4.11. The number of phenols is 2. The van der Waals surface area contributed by atoms with E-state index < -0.39 is 0 Å². The van der Waals surface area contributed by atoms with Gasteiger partial charge in [0.2, 0.25) is 0 Å². The lowest BCUT2D eigenvalue weighted by Crippen LogP contribution is -1.81. The van der Waals surface area contributed by atoms with Crippen molar-refractivity contribution >= 4 is 11.2 Å². The predicted molar refractivity (Wildman–Crippen MR) is 67.4 cm³/mol. The monoisotopic (exact) mass is 241 g/mol. The van der Waals surface area contributed by atoms with Crippen LogP contribution in [0.2, 0.25) is 0 Å². The summed E-state index contributed by atoms with van der Waals surface area (Å²) < 4.78 is 0. The van der Waals surface area contributed by atoms with Crippen LogP contribution < -0.4 is 0 Å². The Hall–Kier alpha value is -2.56. The number of imidazole rings is 1. The van der Waals surface area contributed by atoms with E-state index in [4.69, 9.17) is 0 Å². The molecule has 0 aliphatic heterocycles. The highest BCUT2D eigenvalue weighted by atomic mass is 16.3. The lowest BCUT2D eigenvalue weighted by molar-refractivity contribution is 0.461. The summed E-state index contributed by atoms with van der Waals surface area (Å²) in [4.78, 5) is 11.6. The van der Waals surface area contributed by atoms with E-state index in [0.717, 1.165) is 11.1 Å². The van der Waals surface area contributed by atoms with Crippen LogP contribution in [0.1, 0.15) is 5.56 Å². The van der Waals surface area contributed by atoms with Gasteiger partial charge in [0.1, 0.15) is 17.3 Å². The van der Waals surface area contributed by atoms with Crippen molar-refractivity contribution in [3.63, 3.8) is 0 Å². The number of rotatable bonds is 1. The van der Waals surface area contributed by atoms with Gasteiger partial charge in [0.15, 0.2) is 5.65 Å². The van der Waals surface area contributed by atoms with Gasteiger partial charge in [-0.25, -0.2) is 9.97 Å². The molecule has 0 aliphatic carbocycles. The standard InChI is InChI=1S/C13H11N3O2/c1-7-4-5-14-13-11(7)15-12(16-13)9-6-8(17)2-3-10(9)18/h2-6,17-18H,1H3,(H,14,15,16). The van der Waals surface area contributed by atoms with Gasteiger partial charge in [0, 0.05) is 6.20 Å². The second-order valence-electron chi connectivity index (χ2n) is 4.11. The third-order valence-electron chi connectivity index (χ3n) is 2.84. The number of aromatic nitrogens is 3. The Labute approximate surface area is 103 Å². The van der Waals surface area contributed by atoms with Crippen molar-refractivity contribution in [2.24, 2.45) is 0 Å². The Morgan fingerprint density at radius 3 is 2.78 bits per heavy atom. The van der Waals surface area contributed by atoms with Crippen LogP contribution in [0.15, 0.2) is 30.5 Å². The maximum Gasteiger partial charge on any atom is 0.178 e. The van der Waals surface area contributed by atoms with Crippen LogP contribution in [-0.2, 0) is 0 Å². The summed E-state index contributed by atoms with van der Waals surface area (Å²) in [5, 5.41) is 19.3. The summed E-state index contributed by atoms with van der Waals surface area (Å²) in [6, 6.07) is 6.19. The predicted octanol–water partition coefficient (Wildman–Crippen LogP) is 2.34. The second kappa shape index (κ2) is 3.73. The van der Waals surface area contributed by atoms with Crippen LogP contribution in [0.3, 0.4) is 0 Å². The van der Waals surface area contributed by atoms with Crippen molar-refractivity contribution in [1.29, 1.82) is 0 Å². The number of phenolic OH excluding ortho intramolecular Hbond substituents is 2. The largest absolute Gasteiger partial charge is 0.508 e. The zero-order chi connectivity index (χ0) is 12.7. The van der Waals surface area contributed by atoms with Crippen LogP contribution in [0, 0.1) is 6.92 Å². The molecule has 3 rings (SSSR count). The summed E-state index contributed by atoms with van der Waals surface area (Å²) in [6.07, 6.45) is 1.69. The molecule has 0 saturated carbocycles. The number of nitrogens with zero attached hydrogens (tertiary/aromatic N) is 2. The molecule has 3 N–H and O–H groups in total. The molecule has 0 spiro atoms. The highest BCUT2D eigenvalue weighted by Crippen LogP contribution is 2.31. The molecule has 0 aliphatic rings. The molecule has 5 heteroatoms. The van der Waals surface area contributed by atoms with Crippen molar-refractivity contribution < 1.29 is 10.2 Å². The van der Waals surface area contributed by atoms with E-state index in [-0.39, 0.29) is 11.5 Å². The minimum absolute atomic E-state index is 0.0597. The van der Waals surface area contributed by atoms with Gasteiger partial charge in [-0.3, -0.25) is 0 Å². The van der Waals surface area contributed by atoms with E-state index in [1.54, 1.807) is 6.20 Å². The Morgan fingerprint density at radius 2 is 2.00 bits per heavy atom. The number of pyridine rings is 1. The van der Waals surface area contributed by atoms with Crippen molar-refractivity contribution in [3.05, 3.63) is 36.0 Å². The highest BCUT2D eigenvalue weighted by molar-refractivity contribution is 5.80. The zero-order valence-corrected chi connectivity index (χ0v) is 9.68. The fraction of sp³-hybridized carbons (Fsp3) is 0.0769. The van der Waals surface area contributed by atoms with Crippen LogP contribution in [0.4, 0.5) is 0 Å². The van der Waals surface area contributed by atoms with Gasteiger partial charge in [-0.1, -0.05) is 0 Å². The van der Waals surface area contributed by atoms with Crippen molar-refractivity contribution in [3.8, 4) is 22.9 Å². The minimum Gasteiger partial charge on any atom is -0.508 e. The molecule has 0 radical (unpaired) electrons. The van der Waals surface area contributed by atoms with Crippen LogP contribution >= 0.6 is 0 Å². The fourth-order valence-corrected chi connectivity index (χ4v) is 1.88. The molecule has 0 amide bonds. The highest BCUT2D eigenvalue weighted by Gasteiger charge is 2.11. The maximum atomic E-state index is 9.79. The maximum absolute atomic E-state index is 9.79. The average Bonchev–Trinajstić information content (AvgIpc) is 2.77. The topological polar surface area (TPSA) is 82.0 Å². The summed E-state index contributed by atoms with van der Waals surface area (Å²) in [5.41, 5.74) is 2.90. The summed E-state index contributed by atoms with van der Waals surface area (Å²) in [5.74, 6) is 0.623. The van der Waals surface area contributed by atoms with E-state index in [9.17, 15) is 10.2 Å². The van der Waals surface area contributed by atoms with Crippen LogP contribution in [-0.4, -0.2) is 25.2 Å². The Morgan fingerprint density at radius 1 is 1.17 bits per heavy atom. The van der Waals surface area contributed by atoms with Gasteiger partial charge < -0.3 is 15.2 Å². The van der Waals surface area contributed by atoms with Crippen LogP contribution in [0.5, 0.6) is 11.5 Å². The number of H-pyrrole nitrogens is 1. The molecule has 2 heterocycles. The quantitative estimate of drug-likeness (QED) is 0.571. The Bertz CT molecular complexity index is 734. The Balaban J connectivity index is 2.26. The number of hydrogen-bond acceptors (Lipinski definition) is 4. The number of aryl methyl sites for hydroxylation is 1. The molecule has 5 nitrogen and oxygen atoms in total. The molecule has 3 aromatic rings. The molecule has 0 bridgehead atoms. The van der Waals surface area contributed by atoms with Crippen LogP contribution in [0.25, 0.3) is 22.6 Å². The zero-order valence-electron chi connectivity index (χ0n) is 9.68. The third-order valence-corrected chi connectivity index (χ3v) is 2.84. The first-order valence-corrected chi connectivity index (χ1v) is 5.49. The first kappa shape index (κ1) is 10.6. The first-order chi connectivity index (χ1) is 8.65. The summed E-state index contributed by atoms with van der Waals surface area (Å²) in [6.45, 7) is 1.95. The van der Waals surface area contributed by atoms with E-state index in [0.29, 0.717) is 17.0 Å². The molecular weight excluding hydrogens is 230 g/mol. The minimum atomic E-state index is 0.0597. The fourth-order valence-electron chi connectivity index (χ4n) is 1.88. The summed E-state index contributed by atoms with van der Waals surface area (Å²) in [7, 11) is 0. The number of nitrogens with one attached hydrogen (secondary N) is 1. The van der Waals surface area contributed by atoms with Gasteiger partial charge in [0.25, 0.3) is 0 Å². The van der Waals surface area contributed by atoms with Gasteiger partial charge in [-0.15, -0.1) is 0 Å². The van der Waals surface area contributed by atoms with Gasteiger partial charge in [0.05, 0.1) is 11.1 Å². The van der Waals surface area contributed by atoms with Crippen molar-refractivity contribution in [1.82, 2.24) is 15.0 Å². The molecule has 0 saturated heterocycles. The molecular formula is C13H11N3O2. The Kier molecular flexibility index (Phi) is 2.19. The van der Waals surface area contributed by atoms with Gasteiger partial charge in [-0.2, -0.15) is 0 Å². The molecule has 18 heavy (non-hydrogen) atoms. The number of fused-ring (bicyclic) bond motifs is 1. The average molecular weight is 241 g/mol. The number of hydrogen-bond donors (Lipinski definition) is 3. The summed E-state index contributed by atoms with van der Waals surface area (Å²) >= 11 is 0. The molecule has 0 unspecified atom stereocenters. The molecule has 1 aromatic carbocycles. The molecule has 2 aromatic heterocycles. The van der Waals surface area contributed by atoms with E-state index in [1.165, 1.54) is 18.2 Å². The smallest absolute Gasteiger partial charge is 0.178 e. The third kappa shape index (κ3) is 1.57. The van der Waals surface area contributed by atoms with Gasteiger partial charge in [-0.05, 0) is 36.8 Å². The van der Waals surface area contributed by atoms with E-state index >= 15 is 0 Å². The lowest BCUT2D eigenvalue weighted by atomic mass is 10.2. The number of benzene rings is 1. The number of aromatic hydroxyl groups is 2. The lowest BCUT2D eigenvalue weighted by Gasteiger charge is -2.01. The van der Waals surface area contributed by atoms with Crippen molar-refractivity contribution in [2.45, 2.75) is 6.92 Å². The van der Waals surface area contributed by atoms with E-state index in [1.807, 2.05) is 13.0 Å².